The third kappa shape index (κ3) is 6.14. The molecule has 0 amide bonds. The van der Waals surface area contributed by atoms with Crippen molar-refractivity contribution in [2.45, 2.75) is 44.6 Å². The van der Waals surface area contributed by atoms with Crippen molar-refractivity contribution in [2.75, 3.05) is 20.3 Å². The molecule has 0 spiro atoms. The van der Waals surface area contributed by atoms with E-state index in [-0.39, 0.29) is 5.60 Å². The van der Waals surface area contributed by atoms with E-state index < -0.39 is 0 Å². The van der Waals surface area contributed by atoms with Gasteiger partial charge in [0, 0.05) is 32.1 Å². The topological polar surface area (TPSA) is 31.4 Å². The van der Waals surface area contributed by atoms with Crippen LogP contribution in [0.1, 0.15) is 37.4 Å². The Morgan fingerprint density at radius 2 is 2.17 bits per heavy atom. The van der Waals surface area contributed by atoms with Gasteiger partial charge in [0.15, 0.2) is 0 Å². The second-order valence-electron chi connectivity index (χ2n) is 4.80. The second-order valence-corrected chi connectivity index (χ2v) is 6.01. The highest BCUT2D eigenvalue weighted by Crippen LogP contribution is 2.14. The van der Waals surface area contributed by atoms with Gasteiger partial charge in [0.05, 0.1) is 22.2 Å². The number of aromatic nitrogens is 1. The molecule has 0 aliphatic carbocycles. The number of halogens is 1. The number of methoxy groups -OCH3 is 1. The van der Waals surface area contributed by atoms with E-state index >= 15 is 0 Å². The Morgan fingerprint density at radius 3 is 2.78 bits per heavy atom. The summed E-state index contributed by atoms with van der Waals surface area (Å²) in [6.45, 7) is 5.65. The summed E-state index contributed by atoms with van der Waals surface area (Å²) >= 11 is 7.38. The lowest BCUT2D eigenvalue weighted by molar-refractivity contribution is -0.00996. The fourth-order valence-electron chi connectivity index (χ4n) is 1.37. The molecule has 0 saturated carbocycles. The van der Waals surface area contributed by atoms with E-state index in [1.54, 1.807) is 18.4 Å². The molecule has 0 bridgehead atoms. The molecule has 0 atom stereocenters. The summed E-state index contributed by atoms with van der Waals surface area (Å²) in [5.74, 6) is 0.499. The maximum Gasteiger partial charge on any atom is 0.0929 e. The fourth-order valence-corrected chi connectivity index (χ4v) is 2.44. The van der Waals surface area contributed by atoms with Crippen molar-refractivity contribution >= 4 is 22.9 Å². The van der Waals surface area contributed by atoms with Crippen LogP contribution in [0.3, 0.4) is 0 Å². The summed E-state index contributed by atoms with van der Waals surface area (Å²) in [6, 6.07) is 0. The smallest absolute Gasteiger partial charge is 0.0929 e. The molecule has 1 rings (SSSR count). The average Bonchev–Trinajstić information content (AvgIpc) is 2.81. The highest BCUT2D eigenvalue weighted by Gasteiger charge is 2.15. The average molecular weight is 292 g/mol. The van der Waals surface area contributed by atoms with Gasteiger partial charge < -0.3 is 9.47 Å². The number of hydrogen-bond donors (Lipinski definition) is 0. The molecule has 0 unspecified atom stereocenters. The van der Waals surface area contributed by atoms with Crippen LogP contribution in [0.5, 0.6) is 0 Å². The predicted octanol–water partition coefficient (Wildman–Crippen LogP) is 3.65. The summed E-state index contributed by atoms with van der Waals surface area (Å²) in [6.07, 6.45) is 2.88. The summed E-state index contributed by atoms with van der Waals surface area (Å²) in [5.41, 5.74) is 0.879. The van der Waals surface area contributed by atoms with Crippen molar-refractivity contribution in [1.82, 2.24) is 4.98 Å². The zero-order valence-corrected chi connectivity index (χ0v) is 12.9. The van der Waals surface area contributed by atoms with E-state index in [1.165, 1.54) is 0 Å². The molecule has 18 heavy (non-hydrogen) atoms. The summed E-state index contributed by atoms with van der Waals surface area (Å²) in [7, 11) is 1.73. The van der Waals surface area contributed by atoms with E-state index in [1.807, 2.05) is 5.38 Å². The highest BCUT2D eigenvalue weighted by atomic mass is 35.5. The van der Waals surface area contributed by atoms with Crippen LogP contribution >= 0.6 is 22.9 Å². The lowest BCUT2D eigenvalue weighted by atomic mass is 10.1. The van der Waals surface area contributed by atoms with Gasteiger partial charge in [0.2, 0.25) is 0 Å². The molecule has 0 aliphatic heterocycles. The minimum absolute atomic E-state index is 0.0927. The zero-order chi connectivity index (χ0) is 13.4. The van der Waals surface area contributed by atoms with E-state index in [4.69, 9.17) is 21.1 Å². The van der Waals surface area contributed by atoms with E-state index in [2.05, 4.69) is 18.8 Å². The summed E-state index contributed by atoms with van der Waals surface area (Å²) in [5, 5.41) is 3.16. The molecule has 1 heterocycles. The molecule has 0 radical (unpaired) electrons. The van der Waals surface area contributed by atoms with E-state index in [9.17, 15) is 0 Å². The molecule has 1 aromatic heterocycles. The van der Waals surface area contributed by atoms with Crippen molar-refractivity contribution in [3.05, 3.63) is 16.1 Å². The normalized spacial score (nSPS) is 12.0. The Kier molecular flexibility index (Phi) is 7.15. The molecule has 5 heteroatoms. The van der Waals surface area contributed by atoms with E-state index in [0.29, 0.717) is 5.88 Å². The Bertz CT molecular complexity index is 341. The summed E-state index contributed by atoms with van der Waals surface area (Å²) < 4.78 is 10.9. The van der Waals surface area contributed by atoms with Crippen molar-refractivity contribution < 1.29 is 9.47 Å². The predicted molar refractivity (Wildman–Crippen MR) is 76.5 cm³/mol. The van der Waals surface area contributed by atoms with Gasteiger partial charge in [-0.05, 0) is 26.7 Å². The van der Waals surface area contributed by atoms with Crippen LogP contribution in [0.25, 0.3) is 0 Å². The number of thiazole rings is 1. The third-order valence-corrected chi connectivity index (χ3v) is 4.05. The first kappa shape index (κ1) is 15.9. The maximum atomic E-state index is 5.71. The number of aryl methyl sites for hydroxylation is 1. The first-order chi connectivity index (χ1) is 8.57. The molecule has 0 aromatic carbocycles. The Labute approximate surface area is 118 Å². The van der Waals surface area contributed by atoms with Gasteiger partial charge in [0.25, 0.3) is 0 Å². The highest BCUT2D eigenvalue weighted by molar-refractivity contribution is 7.09. The lowest BCUT2D eigenvalue weighted by Crippen LogP contribution is -2.24. The molecule has 0 aliphatic rings. The molecular weight excluding hydrogens is 270 g/mol. The molecule has 0 N–H and O–H groups in total. The van der Waals surface area contributed by atoms with Gasteiger partial charge in [-0.2, -0.15) is 0 Å². The van der Waals surface area contributed by atoms with Crippen LogP contribution in [0.4, 0.5) is 0 Å². The quantitative estimate of drug-likeness (QED) is 0.514. The second kappa shape index (κ2) is 8.10. The number of alkyl halides is 1. The Balaban J connectivity index is 2.05. The van der Waals surface area contributed by atoms with Crippen molar-refractivity contribution in [3.8, 4) is 0 Å². The first-order valence-electron chi connectivity index (χ1n) is 6.19. The number of rotatable bonds is 9. The Hall–Kier alpha value is -0.160. The zero-order valence-electron chi connectivity index (χ0n) is 11.4. The van der Waals surface area contributed by atoms with Gasteiger partial charge in [0.1, 0.15) is 0 Å². The molecule has 0 fully saturated rings. The van der Waals surface area contributed by atoms with Crippen molar-refractivity contribution in [3.63, 3.8) is 0 Å². The molecule has 0 saturated heterocycles. The Morgan fingerprint density at radius 1 is 1.39 bits per heavy atom. The minimum Gasteiger partial charge on any atom is -0.381 e. The van der Waals surface area contributed by atoms with Gasteiger partial charge in [-0.15, -0.1) is 22.9 Å². The number of nitrogens with zero attached hydrogens (tertiary/aromatic N) is 1. The van der Waals surface area contributed by atoms with Crippen LogP contribution in [0.2, 0.25) is 0 Å². The van der Waals surface area contributed by atoms with Crippen molar-refractivity contribution in [2.24, 2.45) is 0 Å². The maximum absolute atomic E-state index is 5.71. The lowest BCUT2D eigenvalue weighted by Gasteiger charge is -2.22. The molecular formula is C13H22ClNO2S. The van der Waals surface area contributed by atoms with Gasteiger partial charge in [-0.3, -0.25) is 0 Å². The van der Waals surface area contributed by atoms with Crippen LogP contribution in [0, 0.1) is 0 Å². The largest absolute Gasteiger partial charge is 0.381 e. The standard InChI is InChI=1S/C13H22ClNO2S/c1-13(2,16-3)6-8-17-7-4-5-12-15-11(9-14)10-18-12/h10H,4-9H2,1-3H3. The SMILES string of the molecule is COC(C)(C)CCOCCCc1nc(CCl)cs1. The van der Waals surface area contributed by atoms with Crippen LogP contribution in [0.15, 0.2) is 5.38 Å². The molecule has 1 aromatic rings. The van der Waals surface area contributed by atoms with Crippen LogP contribution < -0.4 is 0 Å². The van der Waals surface area contributed by atoms with Gasteiger partial charge >= 0.3 is 0 Å². The van der Waals surface area contributed by atoms with E-state index in [0.717, 1.165) is 43.2 Å². The van der Waals surface area contributed by atoms with Crippen molar-refractivity contribution in [1.29, 1.82) is 0 Å². The van der Waals surface area contributed by atoms with Crippen LogP contribution in [-0.4, -0.2) is 30.9 Å². The summed E-state index contributed by atoms with van der Waals surface area (Å²) in [4.78, 5) is 4.41. The fraction of sp³-hybridized carbons (Fsp3) is 0.769. The van der Waals surface area contributed by atoms with Gasteiger partial charge in [-0.1, -0.05) is 0 Å². The molecule has 104 valence electrons. The molecule has 3 nitrogen and oxygen atoms in total. The third-order valence-electron chi connectivity index (χ3n) is 2.82. The minimum atomic E-state index is -0.0927. The number of hydrogen-bond acceptors (Lipinski definition) is 4. The monoisotopic (exact) mass is 291 g/mol. The number of ether oxygens (including phenoxy) is 2. The first-order valence-corrected chi connectivity index (χ1v) is 7.61. The van der Waals surface area contributed by atoms with Gasteiger partial charge in [-0.25, -0.2) is 4.98 Å². The van der Waals surface area contributed by atoms with Crippen LogP contribution in [-0.2, 0) is 21.8 Å².